The Labute approximate surface area is 152 Å². The molecule has 1 saturated carbocycles. The molecule has 0 unspecified atom stereocenters. The zero-order chi connectivity index (χ0) is 17.2. The Bertz CT molecular complexity index is 729. The minimum atomic E-state index is 0.124. The lowest BCUT2D eigenvalue weighted by atomic mass is 10.2. The fourth-order valence-corrected chi connectivity index (χ4v) is 4.64. The zero-order valence-electron chi connectivity index (χ0n) is 14.8. The van der Waals surface area contributed by atoms with Crippen molar-refractivity contribution in [1.82, 2.24) is 25.0 Å². The van der Waals surface area contributed by atoms with E-state index in [0.717, 1.165) is 66.5 Å². The molecule has 0 radical (unpaired) electrons. The van der Waals surface area contributed by atoms with Crippen molar-refractivity contribution >= 4 is 28.7 Å². The van der Waals surface area contributed by atoms with Crippen LogP contribution in [0.25, 0.3) is 11.2 Å². The summed E-state index contributed by atoms with van der Waals surface area (Å²) in [6, 6.07) is 0.530. The van der Waals surface area contributed by atoms with Gasteiger partial charge in [0.25, 0.3) is 0 Å². The average Bonchev–Trinajstić information content (AvgIpc) is 3.38. The highest BCUT2D eigenvalue weighted by molar-refractivity contribution is 7.99. The van der Waals surface area contributed by atoms with Crippen LogP contribution < -0.4 is 4.90 Å². The van der Waals surface area contributed by atoms with Crippen LogP contribution in [0.2, 0.25) is 0 Å². The number of aliphatic hydroxyl groups is 1. The summed E-state index contributed by atoms with van der Waals surface area (Å²) < 4.78 is 2.02. The van der Waals surface area contributed by atoms with Gasteiger partial charge in [-0.15, -0.1) is 5.10 Å². The molecule has 3 heterocycles. The van der Waals surface area contributed by atoms with Crippen molar-refractivity contribution < 1.29 is 5.11 Å². The van der Waals surface area contributed by atoms with Crippen molar-refractivity contribution in [3.05, 3.63) is 0 Å². The Balaban J connectivity index is 1.79. The fourth-order valence-electron chi connectivity index (χ4n) is 3.95. The monoisotopic (exact) mass is 362 g/mol. The molecule has 2 aromatic heterocycles. The molecule has 4 rings (SSSR count). The zero-order valence-corrected chi connectivity index (χ0v) is 15.6. The third kappa shape index (κ3) is 3.21. The standard InChI is InChI=1S/C17H26N6OS/c1-2-10-25-17-18-15(22-9-5-8-13(22)11-24)14-16(19-17)23(21-20-14)12-6-3-4-7-12/h12-13,24H,2-11H2,1H3/t13-/m0/s1. The summed E-state index contributed by atoms with van der Waals surface area (Å²) in [5.74, 6) is 1.85. The van der Waals surface area contributed by atoms with Crippen molar-refractivity contribution in [2.45, 2.75) is 69.1 Å². The van der Waals surface area contributed by atoms with E-state index in [1.54, 1.807) is 11.8 Å². The third-order valence-corrected chi connectivity index (χ3v) is 6.30. The molecule has 25 heavy (non-hydrogen) atoms. The first-order valence-corrected chi connectivity index (χ1v) is 10.4. The maximum Gasteiger partial charge on any atom is 0.191 e. The number of nitrogens with zero attached hydrogens (tertiary/aromatic N) is 6. The quantitative estimate of drug-likeness (QED) is 0.625. The molecule has 0 spiro atoms. The van der Waals surface area contributed by atoms with Crippen LogP contribution in [0.4, 0.5) is 5.82 Å². The number of rotatable bonds is 6. The van der Waals surface area contributed by atoms with E-state index in [1.165, 1.54) is 12.8 Å². The van der Waals surface area contributed by atoms with Gasteiger partial charge in [0.05, 0.1) is 18.7 Å². The summed E-state index contributed by atoms with van der Waals surface area (Å²) in [4.78, 5) is 11.8. The van der Waals surface area contributed by atoms with Crippen LogP contribution >= 0.6 is 11.8 Å². The summed E-state index contributed by atoms with van der Waals surface area (Å²) in [7, 11) is 0. The summed E-state index contributed by atoms with van der Waals surface area (Å²) in [6.07, 6.45) is 7.96. The first kappa shape index (κ1) is 17.0. The number of hydrogen-bond donors (Lipinski definition) is 1. The number of aliphatic hydroxyl groups excluding tert-OH is 1. The van der Waals surface area contributed by atoms with Crippen LogP contribution in [0.3, 0.4) is 0 Å². The van der Waals surface area contributed by atoms with E-state index in [0.29, 0.717) is 6.04 Å². The second-order valence-corrected chi connectivity index (χ2v) is 8.06. The smallest absolute Gasteiger partial charge is 0.191 e. The Hall–Kier alpha value is -1.41. The van der Waals surface area contributed by atoms with E-state index < -0.39 is 0 Å². The lowest BCUT2D eigenvalue weighted by Crippen LogP contribution is -2.33. The molecular weight excluding hydrogens is 336 g/mol. The van der Waals surface area contributed by atoms with Gasteiger partial charge in [-0.2, -0.15) is 0 Å². The molecule has 8 heteroatoms. The largest absolute Gasteiger partial charge is 0.394 e. The van der Waals surface area contributed by atoms with Gasteiger partial charge in [-0.1, -0.05) is 36.7 Å². The van der Waals surface area contributed by atoms with Crippen LogP contribution in [0.5, 0.6) is 0 Å². The Morgan fingerprint density at radius 3 is 2.76 bits per heavy atom. The number of hydrogen-bond acceptors (Lipinski definition) is 7. The van der Waals surface area contributed by atoms with Crippen LogP contribution in [0.1, 0.15) is 57.9 Å². The minimum Gasteiger partial charge on any atom is -0.394 e. The number of anilines is 1. The summed E-state index contributed by atoms with van der Waals surface area (Å²) >= 11 is 1.69. The predicted octanol–water partition coefficient (Wildman–Crippen LogP) is 2.80. The fraction of sp³-hybridized carbons (Fsp3) is 0.765. The number of aromatic nitrogens is 5. The molecule has 1 aliphatic heterocycles. The van der Waals surface area contributed by atoms with E-state index in [2.05, 4.69) is 22.1 Å². The molecule has 0 amide bonds. The van der Waals surface area contributed by atoms with Crippen LogP contribution in [-0.2, 0) is 0 Å². The van der Waals surface area contributed by atoms with E-state index in [9.17, 15) is 5.11 Å². The van der Waals surface area contributed by atoms with Gasteiger partial charge in [0, 0.05) is 12.3 Å². The van der Waals surface area contributed by atoms with Crippen molar-refractivity contribution in [3.8, 4) is 0 Å². The summed E-state index contributed by atoms with van der Waals surface area (Å²) in [6.45, 7) is 3.23. The molecule has 1 saturated heterocycles. The molecule has 2 aliphatic rings. The van der Waals surface area contributed by atoms with E-state index >= 15 is 0 Å². The van der Waals surface area contributed by atoms with E-state index in [-0.39, 0.29) is 12.6 Å². The van der Waals surface area contributed by atoms with Crippen LogP contribution in [0.15, 0.2) is 5.16 Å². The maximum absolute atomic E-state index is 9.73. The van der Waals surface area contributed by atoms with Gasteiger partial charge in [-0.3, -0.25) is 0 Å². The van der Waals surface area contributed by atoms with E-state index in [1.807, 2.05) is 4.68 Å². The average molecular weight is 363 g/mol. The molecule has 2 aromatic rings. The Kier molecular flexibility index (Phi) is 5.08. The Morgan fingerprint density at radius 1 is 1.16 bits per heavy atom. The molecule has 0 bridgehead atoms. The molecule has 1 atom stereocenters. The number of thioether (sulfide) groups is 1. The molecule has 7 nitrogen and oxygen atoms in total. The first-order chi connectivity index (χ1) is 12.3. The SMILES string of the molecule is CCCSc1nc(N2CCC[C@H]2CO)c2nnn(C3CCCC3)c2n1. The molecular formula is C17H26N6OS. The third-order valence-electron chi connectivity index (χ3n) is 5.25. The van der Waals surface area contributed by atoms with Gasteiger partial charge in [0.2, 0.25) is 0 Å². The second kappa shape index (κ2) is 7.45. The van der Waals surface area contributed by atoms with Gasteiger partial charge in [-0.25, -0.2) is 14.6 Å². The molecule has 1 N–H and O–H groups in total. The highest BCUT2D eigenvalue weighted by Crippen LogP contribution is 2.35. The topological polar surface area (TPSA) is 80.0 Å². The highest BCUT2D eigenvalue weighted by Gasteiger charge is 2.30. The lowest BCUT2D eigenvalue weighted by Gasteiger charge is -2.24. The first-order valence-electron chi connectivity index (χ1n) is 9.45. The predicted molar refractivity (Wildman–Crippen MR) is 99.1 cm³/mol. The summed E-state index contributed by atoms with van der Waals surface area (Å²) in [5.41, 5.74) is 1.65. The van der Waals surface area contributed by atoms with E-state index in [4.69, 9.17) is 9.97 Å². The van der Waals surface area contributed by atoms with Crippen molar-refractivity contribution in [2.75, 3.05) is 23.8 Å². The summed E-state index contributed by atoms with van der Waals surface area (Å²) in [5, 5.41) is 19.4. The van der Waals surface area contributed by atoms with Gasteiger partial charge >= 0.3 is 0 Å². The van der Waals surface area contributed by atoms with Gasteiger partial charge in [0.1, 0.15) is 0 Å². The van der Waals surface area contributed by atoms with Gasteiger partial charge < -0.3 is 10.0 Å². The van der Waals surface area contributed by atoms with Crippen molar-refractivity contribution in [2.24, 2.45) is 0 Å². The normalized spacial score (nSPS) is 21.7. The molecule has 136 valence electrons. The molecule has 2 fully saturated rings. The second-order valence-electron chi connectivity index (χ2n) is 6.99. The molecule has 1 aliphatic carbocycles. The Morgan fingerprint density at radius 2 is 2.00 bits per heavy atom. The van der Waals surface area contributed by atoms with Gasteiger partial charge in [0.15, 0.2) is 22.1 Å². The van der Waals surface area contributed by atoms with Crippen LogP contribution in [0, 0.1) is 0 Å². The lowest BCUT2D eigenvalue weighted by molar-refractivity contribution is 0.266. The number of fused-ring (bicyclic) bond motifs is 1. The minimum absolute atomic E-state index is 0.124. The van der Waals surface area contributed by atoms with Crippen LogP contribution in [-0.4, -0.2) is 55.0 Å². The molecule has 0 aromatic carbocycles. The maximum atomic E-state index is 9.73. The highest BCUT2D eigenvalue weighted by atomic mass is 32.2. The van der Waals surface area contributed by atoms with Crippen molar-refractivity contribution in [3.63, 3.8) is 0 Å². The van der Waals surface area contributed by atoms with Crippen molar-refractivity contribution in [1.29, 1.82) is 0 Å². The van der Waals surface area contributed by atoms with Gasteiger partial charge in [-0.05, 0) is 32.1 Å².